The van der Waals surface area contributed by atoms with E-state index in [1.807, 2.05) is 6.07 Å². The number of benzene rings is 1. The van der Waals surface area contributed by atoms with E-state index in [9.17, 15) is 9.59 Å². The van der Waals surface area contributed by atoms with Crippen molar-refractivity contribution < 1.29 is 19.1 Å². The molecular formula is C12H10N2O4. The van der Waals surface area contributed by atoms with Gasteiger partial charge in [0.05, 0.1) is 24.9 Å². The van der Waals surface area contributed by atoms with Crippen molar-refractivity contribution >= 4 is 17.7 Å². The van der Waals surface area contributed by atoms with Crippen molar-refractivity contribution in [3.8, 4) is 6.07 Å². The lowest BCUT2D eigenvalue weighted by atomic mass is 10.1. The number of para-hydroxylation sites is 1. The topological polar surface area (TPSA) is 79.6 Å². The third-order valence-electron chi connectivity index (χ3n) is 2.56. The molecular weight excluding hydrogens is 236 g/mol. The van der Waals surface area contributed by atoms with E-state index in [2.05, 4.69) is 4.74 Å². The number of carbonyl (C=O) groups excluding carboxylic acids is 2. The summed E-state index contributed by atoms with van der Waals surface area (Å²) in [6.07, 6.45) is -1.46. The molecule has 92 valence electrons. The van der Waals surface area contributed by atoms with Crippen LogP contribution in [0.15, 0.2) is 24.3 Å². The number of amides is 1. The number of carbonyl (C=O) groups is 2. The van der Waals surface area contributed by atoms with Crippen molar-refractivity contribution in [3.05, 3.63) is 29.8 Å². The third-order valence-corrected chi connectivity index (χ3v) is 2.56. The molecule has 1 aliphatic rings. The summed E-state index contributed by atoms with van der Waals surface area (Å²) >= 11 is 0. The molecule has 1 heterocycles. The van der Waals surface area contributed by atoms with E-state index in [1.54, 1.807) is 24.3 Å². The third kappa shape index (κ3) is 1.98. The maximum atomic E-state index is 11.6. The summed E-state index contributed by atoms with van der Waals surface area (Å²) in [5.41, 5.74) is 0.641. The summed E-state index contributed by atoms with van der Waals surface area (Å²) in [5.74, 6) is -0.543. The number of hydrogen-bond donors (Lipinski definition) is 0. The highest BCUT2D eigenvalue weighted by Gasteiger charge is 2.34. The summed E-state index contributed by atoms with van der Waals surface area (Å²) in [7, 11) is 1.26. The van der Waals surface area contributed by atoms with E-state index in [1.165, 1.54) is 12.0 Å². The highest BCUT2D eigenvalue weighted by atomic mass is 16.6. The van der Waals surface area contributed by atoms with Crippen LogP contribution in [0, 0.1) is 11.3 Å². The highest BCUT2D eigenvalue weighted by molar-refractivity contribution is 6.01. The molecule has 0 spiro atoms. The van der Waals surface area contributed by atoms with Crippen molar-refractivity contribution in [2.24, 2.45) is 0 Å². The van der Waals surface area contributed by atoms with Gasteiger partial charge in [-0.3, -0.25) is 4.90 Å². The van der Waals surface area contributed by atoms with Gasteiger partial charge in [0.2, 0.25) is 6.10 Å². The minimum absolute atomic E-state index is 0.101. The standard InChI is InChI=1S/C12H10N2O4/c1-17-11(15)9-4-2-3-5-10(9)14-7-8(6-13)18-12(14)16/h2-5,8H,7H2,1H3. The number of anilines is 1. The van der Waals surface area contributed by atoms with Crippen molar-refractivity contribution in [1.82, 2.24) is 0 Å². The summed E-state index contributed by atoms with van der Waals surface area (Å²) in [6, 6.07) is 8.36. The zero-order chi connectivity index (χ0) is 13.1. The van der Waals surface area contributed by atoms with E-state index in [-0.39, 0.29) is 12.1 Å². The molecule has 1 aromatic carbocycles. The molecule has 6 heteroatoms. The van der Waals surface area contributed by atoms with Gasteiger partial charge in [-0.2, -0.15) is 5.26 Å². The Morgan fingerprint density at radius 2 is 2.28 bits per heavy atom. The van der Waals surface area contributed by atoms with Crippen LogP contribution >= 0.6 is 0 Å². The molecule has 0 saturated carbocycles. The molecule has 1 aromatic rings. The van der Waals surface area contributed by atoms with Gasteiger partial charge in [-0.25, -0.2) is 9.59 Å². The molecule has 6 nitrogen and oxygen atoms in total. The Morgan fingerprint density at radius 3 is 2.89 bits per heavy atom. The minimum Gasteiger partial charge on any atom is -0.465 e. The first-order valence-electron chi connectivity index (χ1n) is 5.22. The Labute approximate surface area is 103 Å². The van der Waals surface area contributed by atoms with Gasteiger partial charge in [-0.15, -0.1) is 0 Å². The fourth-order valence-corrected chi connectivity index (χ4v) is 1.72. The van der Waals surface area contributed by atoms with Gasteiger partial charge >= 0.3 is 12.1 Å². The Bertz CT molecular complexity index is 535. The first kappa shape index (κ1) is 11.9. The molecule has 1 aliphatic heterocycles. The summed E-state index contributed by atoms with van der Waals surface area (Å²) in [6.45, 7) is 0.101. The number of methoxy groups -OCH3 is 1. The van der Waals surface area contributed by atoms with Crippen molar-refractivity contribution in [1.29, 1.82) is 5.26 Å². The van der Waals surface area contributed by atoms with E-state index >= 15 is 0 Å². The van der Waals surface area contributed by atoms with Crippen molar-refractivity contribution in [2.75, 3.05) is 18.6 Å². The lowest BCUT2D eigenvalue weighted by Crippen LogP contribution is -2.26. The zero-order valence-electron chi connectivity index (χ0n) is 9.62. The van der Waals surface area contributed by atoms with E-state index in [0.717, 1.165) is 0 Å². The number of esters is 1. The molecule has 1 amide bonds. The molecule has 1 fully saturated rings. The largest absolute Gasteiger partial charge is 0.465 e. The molecule has 0 aromatic heterocycles. The number of nitriles is 1. The quantitative estimate of drug-likeness (QED) is 0.735. The molecule has 1 atom stereocenters. The minimum atomic E-state index is -0.816. The molecule has 2 rings (SSSR count). The summed E-state index contributed by atoms with van der Waals surface area (Å²) < 4.78 is 9.46. The predicted molar refractivity (Wildman–Crippen MR) is 61.0 cm³/mol. The van der Waals surface area contributed by atoms with Gasteiger partial charge in [0, 0.05) is 0 Å². The fourth-order valence-electron chi connectivity index (χ4n) is 1.72. The lowest BCUT2D eigenvalue weighted by molar-refractivity contribution is 0.0601. The highest BCUT2D eigenvalue weighted by Crippen LogP contribution is 2.25. The molecule has 0 radical (unpaired) electrons. The average molecular weight is 246 g/mol. The Kier molecular flexibility index (Phi) is 3.15. The normalized spacial score (nSPS) is 18.1. The Hall–Kier alpha value is -2.55. The van der Waals surface area contributed by atoms with E-state index in [0.29, 0.717) is 5.69 Å². The van der Waals surface area contributed by atoms with E-state index < -0.39 is 18.2 Å². The van der Waals surface area contributed by atoms with Gasteiger partial charge in [-0.1, -0.05) is 12.1 Å². The monoisotopic (exact) mass is 246 g/mol. The van der Waals surface area contributed by atoms with Gasteiger partial charge in [0.1, 0.15) is 6.07 Å². The van der Waals surface area contributed by atoms with Crippen molar-refractivity contribution in [3.63, 3.8) is 0 Å². The van der Waals surface area contributed by atoms with Crippen LogP contribution in [0.2, 0.25) is 0 Å². The second-order valence-corrected chi connectivity index (χ2v) is 3.62. The van der Waals surface area contributed by atoms with Crippen LogP contribution in [0.1, 0.15) is 10.4 Å². The van der Waals surface area contributed by atoms with Crippen LogP contribution in [0.3, 0.4) is 0 Å². The maximum absolute atomic E-state index is 11.6. The number of hydrogen-bond acceptors (Lipinski definition) is 5. The molecule has 1 saturated heterocycles. The van der Waals surface area contributed by atoms with Crippen LogP contribution in [0.5, 0.6) is 0 Å². The van der Waals surface area contributed by atoms with Crippen LogP contribution in [0.4, 0.5) is 10.5 Å². The van der Waals surface area contributed by atoms with E-state index in [4.69, 9.17) is 10.00 Å². The van der Waals surface area contributed by atoms with Crippen LogP contribution in [-0.4, -0.2) is 31.8 Å². The van der Waals surface area contributed by atoms with Gasteiger partial charge in [0.15, 0.2) is 0 Å². The first-order valence-corrected chi connectivity index (χ1v) is 5.22. The average Bonchev–Trinajstić information content (AvgIpc) is 2.79. The number of nitrogens with zero attached hydrogens (tertiary/aromatic N) is 2. The Morgan fingerprint density at radius 1 is 1.56 bits per heavy atom. The second-order valence-electron chi connectivity index (χ2n) is 3.62. The number of cyclic esters (lactones) is 1. The summed E-state index contributed by atoms with van der Waals surface area (Å²) in [5, 5.41) is 8.73. The van der Waals surface area contributed by atoms with Crippen LogP contribution < -0.4 is 4.90 Å². The SMILES string of the molecule is COC(=O)c1ccccc1N1CC(C#N)OC1=O. The Balaban J connectivity index is 2.37. The summed E-state index contributed by atoms with van der Waals surface area (Å²) in [4.78, 5) is 24.4. The first-order chi connectivity index (χ1) is 8.67. The van der Waals surface area contributed by atoms with Crippen LogP contribution in [0.25, 0.3) is 0 Å². The smallest absolute Gasteiger partial charge is 0.415 e. The number of ether oxygens (including phenoxy) is 2. The van der Waals surface area contributed by atoms with Crippen LogP contribution in [-0.2, 0) is 9.47 Å². The molecule has 0 aliphatic carbocycles. The lowest BCUT2D eigenvalue weighted by Gasteiger charge is -2.15. The second kappa shape index (κ2) is 4.75. The molecule has 1 unspecified atom stereocenters. The molecule has 0 bridgehead atoms. The van der Waals surface area contributed by atoms with Gasteiger partial charge in [-0.05, 0) is 12.1 Å². The zero-order valence-corrected chi connectivity index (χ0v) is 9.62. The van der Waals surface area contributed by atoms with Gasteiger partial charge < -0.3 is 9.47 Å². The van der Waals surface area contributed by atoms with Crippen molar-refractivity contribution in [2.45, 2.75) is 6.10 Å². The maximum Gasteiger partial charge on any atom is 0.415 e. The number of rotatable bonds is 2. The fraction of sp³-hybridized carbons (Fsp3) is 0.250. The molecule has 0 N–H and O–H groups in total. The van der Waals surface area contributed by atoms with Gasteiger partial charge in [0.25, 0.3) is 0 Å². The molecule has 18 heavy (non-hydrogen) atoms. The predicted octanol–water partition coefficient (Wildman–Crippen LogP) is 1.32.